The number of nitrogens with zero attached hydrogens (tertiary/aromatic N) is 5. The van der Waals surface area contributed by atoms with E-state index in [1.807, 2.05) is 12.3 Å². The van der Waals surface area contributed by atoms with E-state index in [0.29, 0.717) is 29.7 Å². The third kappa shape index (κ3) is 4.24. The minimum atomic E-state index is -0.108. The van der Waals surface area contributed by atoms with Crippen LogP contribution in [0.3, 0.4) is 0 Å². The average Bonchev–Trinajstić information content (AvgIpc) is 3.66. The highest BCUT2D eigenvalue weighted by Gasteiger charge is 2.43. The van der Waals surface area contributed by atoms with Crippen LogP contribution in [0.15, 0.2) is 37.1 Å². The number of H-pyrrole nitrogens is 1. The first-order valence-corrected chi connectivity index (χ1v) is 14.7. The van der Waals surface area contributed by atoms with Gasteiger partial charge in [-0.15, -0.1) is 6.58 Å². The Hall–Kier alpha value is -3.20. The monoisotopic (exact) mass is 557 g/mol. The third-order valence-corrected chi connectivity index (χ3v) is 9.70. The van der Waals surface area contributed by atoms with E-state index in [1.165, 1.54) is 17.5 Å². The van der Waals surface area contributed by atoms with Gasteiger partial charge in [-0.1, -0.05) is 17.7 Å². The number of ether oxygens (including phenoxy) is 1. The van der Waals surface area contributed by atoms with E-state index in [0.717, 1.165) is 77.6 Å². The number of halogens is 1. The molecule has 208 valence electrons. The summed E-state index contributed by atoms with van der Waals surface area (Å²) in [6.45, 7) is 11.8. The van der Waals surface area contributed by atoms with Crippen molar-refractivity contribution in [1.29, 1.82) is 0 Å². The van der Waals surface area contributed by atoms with Crippen LogP contribution in [0.5, 0.6) is 6.01 Å². The molecule has 3 fully saturated rings. The lowest BCUT2D eigenvalue weighted by Gasteiger charge is -2.40. The number of hydrogen-bond donors (Lipinski definition) is 2. The smallest absolute Gasteiger partial charge is 0.319 e. The zero-order valence-corrected chi connectivity index (χ0v) is 24.2. The van der Waals surface area contributed by atoms with Gasteiger partial charge in [-0.05, 0) is 88.0 Å². The Morgan fingerprint density at radius 3 is 2.88 bits per heavy atom. The molecule has 8 nitrogen and oxygen atoms in total. The minimum absolute atomic E-state index is 0.108. The van der Waals surface area contributed by atoms with Gasteiger partial charge in [-0.3, -0.25) is 5.10 Å². The van der Waals surface area contributed by atoms with Crippen LogP contribution in [0, 0.1) is 13.8 Å². The molecule has 2 aromatic carbocycles. The van der Waals surface area contributed by atoms with Crippen LogP contribution < -0.4 is 15.0 Å². The maximum absolute atomic E-state index is 7.10. The van der Waals surface area contributed by atoms with Gasteiger partial charge < -0.3 is 19.9 Å². The van der Waals surface area contributed by atoms with Crippen molar-refractivity contribution in [3.05, 3.63) is 53.2 Å². The molecule has 2 N–H and O–H groups in total. The first kappa shape index (κ1) is 25.7. The largest absolute Gasteiger partial charge is 0.462 e. The van der Waals surface area contributed by atoms with Crippen molar-refractivity contribution in [1.82, 2.24) is 30.4 Å². The van der Waals surface area contributed by atoms with Gasteiger partial charge in [0.15, 0.2) is 0 Å². The molecule has 0 amide bonds. The molecule has 40 heavy (non-hydrogen) atoms. The van der Waals surface area contributed by atoms with E-state index in [1.54, 1.807) is 0 Å². The van der Waals surface area contributed by atoms with Crippen LogP contribution in [-0.4, -0.2) is 76.0 Å². The highest BCUT2D eigenvalue weighted by atomic mass is 35.5. The summed E-state index contributed by atoms with van der Waals surface area (Å²) in [5.41, 5.74) is 6.10. The fraction of sp³-hybridized carbons (Fsp3) is 0.452. The number of benzene rings is 2. The number of aromatic amines is 1. The first-order valence-electron chi connectivity index (χ1n) is 14.3. The lowest BCUT2D eigenvalue weighted by Crippen LogP contribution is -2.58. The number of hydrogen-bond acceptors (Lipinski definition) is 7. The van der Waals surface area contributed by atoms with E-state index in [-0.39, 0.29) is 5.54 Å². The topological polar surface area (TPSA) is 82.2 Å². The fourth-order valence-corrected chi connectivity index (χ4v) is 7.21. The maximum Gasteiger partial charge on any atom is 0.319 e. The van der Waals surface area contributed by atoms with Gasteiger partial charge in [0.1, 0.15) is 12.4 Å². The van der Waals surface area contributed by atoms with Crippen molar-refractivity contribution in [3.63, 3.8) is 0 Å². The minimum Gasteiger partial charge on any atom is -0.462 e. The summed E-state index contributed by atoms with van der Waals surface area (Å²) in [6, 6.07) is 7.47. The van der Waals surface area contributed by atoms with Crippen LogP contribution >= 0.6 is 11.6 Å². The number of fused-ring (bicyclic) bond motifs is 4. The van der Waals surface area contributed by atoms with Crippen LogP contribution in [-0.2, 0) is 0 Å². The molecular weight excluding hydrogens is 522 g/mol. The van der Waals surface area contributed by atoms with E-state index in [2.05, 4.69) is 71.0 Å². The van der Waals surface area contributed by atoms with Gasteiger partial charge in [0.25, 0.3) is 0 Å². The predicted molar refractivity (Wildman–Crippen MR) is 162 cm³/mol. The van der Waals surface area contributed by atoms with Gasteiger partial charge in [0, 0.05) is 46.5 Å². The summed E-state index contributed by atoms with van der Waals surface area (Å²) < 4.78 is 6.32. The molecule has 3 unspecified atom stereocenters. The van der Waals surface area contributed by atoms with E-state index in [9.17, 15) is 0 Å². The molecule has 0 saturated carbocycles. The molecule has 3 aliphatic rings. The molecule has 3 saturated heterocycles. The van der Waals surface area contributed by atoms with Gasteiger partial charge in [-0.2, -0.15) is 15.1 Å². The van der Waals surface area contributed by atoms with Crippen LogP contribution in [0.4, 0.5) is 5.82 Å². The third-order valence-electron chi connectivity index (χ3n) is 9.39. The molecule has 3 atom stereocenters. The van der Waals surface area contributed by atoms with Gasteiger partial charge in [-0.25, -0.2) is 0 Å². The molecule has 3 aliphatic heterocycles. The van der Waals surface area contributed by atoms with Crippen molar-refractivity contribution in [3.8, 4) is 17.1 Å². The van der Waals surface area contributed by atoms with Crippen LogP contribution in [0.2, 0.25) is 5.02 Å². The highest BCUT2D eigenvalue weighted by Crippen LogP contribution is 2.42. The quantitative estimate of drug-likeness (QED) is 0.307. The summed E-state index contributed by atoms with van der Waals surface area (Å²) >= 11 is 7.10. The second-order valence-corrected chi connectivity index (χ2v) is 12.3. The summed E-state index contributed by atoms with van der Waals surface area (Å²) in [7, 11) is 2.16. The molecule has 4 aromatic rings. The van der Waals surface area contributed by atoms with Crippen LogP contribution in [0.25, 0.3) is 32.9 Å². The Kier molecular flexibility index (Phi) is 6.25. The second kappa shape index (κ2) is 9.72. The molecule has 7 rings (SSSR count). The number of aromatic nitrogens is 4. The van der Waals surface area contributed by atoms with Crippen molar-refractivity contribution >= 4 is 39.2 Å². The van der Waals surface area contributed by atoms with Crippen molar-refractivity contribution in [2.45, 2.75) is 57.2 Å². The van der Waals surface area contributed by atoms with Crippen molar-refractivity contribution in [2.24, 2.45) is 0 Å². The average molecular weight is 558 g/mol. The number of nitrogens with one attached hydrogen (secondary N) is 2. The van der Waals surface area contributed by atoms with Crippen molar-refractivity contribution in [2.75, 3.05) is 38.2 Å². The van der Waals surface area contributed by atoms with Gasteiger partial charge in [0.2, 0.25) is 0 Å². The highest BCUT2D eigenvalue weighted by molar-refractivity contribution is 6.35. The lowest BCUT2D eigenvalue weighted by atomic mass is 9.93. The predicted octanol–water partition coefficient (Wildman–Crippen LogP) is 5.41. The number of anilines is 1. The van der Waals surface area contributed by atoms with Gasteiger partial charge >= 0.3 is 6.01 Å². The molecule has 0 aliphatic carbocycles. The molecule has 0 radical (unpaired) electrons. The van der Waals surface area contributed by atoms with Crippen molar-refractivity contribution < 1.29 is 4.74 Å². The summed E-state index contributed by atoms with van der Waals surface area (Å²) in [4.78, 5) is 14.7. The Bertz CT molecular complexity index is 1630. The Morgan fingerprint density at radius 2 is 2.08 bits per heavy atom. The number of piperazine rings is 1. The fourth-order valence-electron chi connectivity index (χ4n) is 6.95. The number of rotatable bonds is 6. The second-order valence-electron chi connectivity index (χ2n) is 11.9. The van der Waals surface area contributed by atoms with E-state index in [4.69, 9.17) is 26.3 Å². The first-order chi connectivity index (χ1) is 19.3. The number of likely N-dealkylation sites (tertiary alicyclic amines) is 1. The summed E-state index contributed by atoms with van der Waals surface area (Å²) in [6.07, 6.45) is 8.47. The lowest BCUT2D eigenvalue weighted by molar-refractivity contribution is 0.188. The molecule has 9 heteroatoms. The van der Waals surface area contributed by atoms with E-state index >= 15 is 0 Å². The normalized spacial score (nSPS) is 24.9. The Morgan fingerprint density at radius 1 is 1.20 bits per heavy atom. The van der Waals surface area contributed by atoms with E-state index < -0.39 is 0 Å². The summed E-state index contributed by atoms with van der Waals surface area (Å²) in [5, 5.41) is 13.9. The Balaban J connectivity index is 1.37. The molecule has 2 bridgehead atoms. The standard InChI is InChI=1S/C31H36ClN7O/c1-5-31-9-8-20(36-31)15-39(17-31)29-23-12-25(32)22(28-19(3)18(2)11-27-24(28)14-33-37-27)13-26(23)34-30(35-29)40-16-21-7-6-10-38(21)4/h5,11-14,20-21,36H,1,6-10,15-17H2,2-4H3,(H,33,37). The number of aryl methyl sites for hydroxylation is 1. The molecular formula is C31H36ClN7O. The molecule has 5 heterocycles. The zero-order chi connectivity index (χ0) is 27.6. The summed E-state index contributed by atoms with van der Waals surface area (Å²) in [5.74, 6) is 0.877. The maximum atomic E-state index is 7.10. The number of likely N-dealkylation sites (N-methyl/N-ethyl adjacent to an activating group) is 1. The van der Waals surface area contributed by atoms with Gasteiger partial charge in [0.05, 0.1) is 22.8 Å². The Labute approximate surface area is 239 Å². The molecule has 0 spiro atoms. The molecule has 2 aromatic heterocycles. The SMILES string of the molecule is C=CC12CCC(CN(c3nc(OCC4CCCN4C)nc4cc(-c5c(C)c(C)cc6[nH]ncc56)c(Cl)cc34)C1)N2. The van der Waals surface area contributed by atoms with Crippen LogP contribution in [0.1, 0.15) is 36.8 Å². The zero-order valence-electron chi connectivity index (χ0n) is 23.4.